The molecule has 1 N–H and O–H groups in total. The first kappa shape index (κ1) is 21.2. The molecule has 0 fully saturated rings. The predicted octanol–water partition coefficient (Wildman–Crippen LogP) is 5.57. The van der Waals surface area contributed by atoms with Gasteiger partial charge in [0, 0.05) is 28.6 Å². The maximum absolute atomic E-state index is 13.0. The molecule has 0 saturated heterocycles. The second-order valence-corrected chi connectivity index (χ2v) is 7.06. The largest absolute Gasteiger partial charge is 0.497 e. The number of carbonyl (C=O) groups excluding carboxylic acids is 1. The lowest BCUT2D eigenvalue weighted by atomic mass is 10.1. The fourth-order valence-corrected chi connectivity index (χ4v) is 3.46. The van der Waals surface area contributed by atoms with Crippen LogP contribution in [0.4, 0.5) is 5.69 Å². The number of benzene rings is 3. The molecule has 1 aromatic heterocycles. The van der Waals surface area contributed by atoms with Gasteiger partial charge in [-0.1, -0.05) is 30.3 Å². The molecular formula is C26H24N2O4. The van der Waals surface area contributed by atoms with Gasteiger partial charge in [-0.25, -0.2) is 4.98 Å². The van der Waals surface area contributed by atoms with Crippen LogP contribution in [0.15, 0.2) is 72.8 Å². The number of hydrogen-bond donors (Lipinski definition) is 1. The van der Waals surface area contributed by atoms with E-state index in [1.807, 2.05) is 49.4 Å². The van der Waals surface area contributed by atoms with E-state index in [1.165, 1.54) is 0 Å². The molecule has 0 radical (unpaired) electrons. The SMILES string of the molecule is CCOc1cc(-c2ccccc2)nc2ccc(C(=O)Nc3ccc(OC)cc3OC)cc12. The predicted molar refractivity (Wildman–Crippen MR) is 126 cm³/mol. The molecule has 0 bridgehead atoms. The maximum atomic E-state index is 13.0. The Bertz CT molecular complexity index is 1260. The fraction of sp³-hybridized carbons (Fsp3) is 0.154. The number of amides is 1. The van der Waals surface area contributed by atoms with Crippen LogP contribution in [0.2, 0.25) is 0 Å². The third-order valence-corrected chi connectivity index (χ3v) is 5.06. The minimum absolute atomic E-state index is 0.259. The molecule has 0 aliphatic heterocycles. The van der Waals surface area contributed by atoms with Gasteiger partial charge in [-0.15, -0.1) is 0 Å². The smallest absolute Gasteiger partial charge is 0.255 e. The molecule has 3 aromatic carbocycles. The van der Waals surface area contributed by atoms with Gasteiger partial charge in [0.15, 0.2) is 0 Å². The Labute approximate surface area is 186 Å². The zero-order chi connectivity index (χ0) is 22.5. The highest BCUT2D eigenvalue weighted by Gasteiger charge is 2.14. The van der Waals surface area contributed by atoms with Crippen molar-refractivity contribution in [1.29, 1.82) is 0 Å². The number of hydrogen-bond acceptors (Lipinski definition) is 5. The van der Waals surface area contributed by atoms with E-state index >= 15 is 0 Å². The van der Waals surface area contributed by atoms with Crippen molar-refractivity contribution in [2.45, 2.75) is 6.92 Å². The lowest BCUT2D eigenvalue weighted by molar-refractivity contribution is 0.102. The van der Waals surface area contributed by atoms with Crippen molar-refractivity contribution in [3.8, 4) is 28.5 Å². The summed E-state index contributed by atoms with van der Waals surface area (Å²) in [6, 6.07) is 22.5. The number of ether oxygens (including phenoxy) is 3. The molecule has 0 aliphatic rings. The third-order valence-electron chi connectivity index (χ3n) is 5.06. The summed E-state index contributed by atoms with van der Waals surface area (Å²) in [7, 11) is 3.13. The van der Waals surface area contributed by atoms with Crippen LogP contribution >= 0.6 is 0 Å². The summed E-state index contributed by atoms with van der Waals surface area (Å²) >= 11 is 0. The summed E-state index contributed by atoms with van der Waals surface area (Å²) in [6.45, 7) is 2.44. The van der Waals surface area contributed by atoms with E-state index in [4.69, 9.17) is 19.2 Å². The second kappa shape index (κ2) is 9.39. The van der Waals surface area contributed by atoms with E-state index < -0.39 is 0 Å². The van der Waals surface area contributed by atoms with Gasteiger partial charge in [-0.05, 0) is 37.3 Å². The molecule has 0 unspecified atom stereocenters. The van der Waals surface area contributed by atoms with Crippen molar-refractivity contribution in [2.24, 2.45) is 0 Å². The van der Waals surface area contributed by atoms with Crippen molar-refractivity contribution < 1.29 is 19.0 Å². The number of methoxy groups -OCH3 is 2. The maximum Gasteiger partial charge on any atom is 0.255 e. The molecule has 1 amide bonds. The number of carbonyl (C=O) groups is 1. The van der Waals surface area contributed by atoms with Gasteiger partial charge in [0.1, 0.15) is 17.2 Å². The van der Waals surface area contributed by atoms with Gasteiger partial charge in [-0.3, -0.25) is 4.79 Å². The lowest BCUT2D eigenvalue weighted by Gasteiger charge is -2.13. The molecule has 0 atom stereocenters. The van der Waals surface area contributed by atoms with Crippen LogP contribution < -0.4 is 19.5 Å². The van der Waals surface area contributed by atoms with Crippen molar-refractivity contribution in [3.05, 3.63) is 78.4 Å². The molecule has 0 saturated carbocycles. The van der Waals surface area contributed by atoms with Crippen molar-refractivity contribution in [1.82, 2.24) is 4.98 Å². The van der Waals surface area contributed by atoms with E-state index in [0.717, 1.165) is 22.2 Å². The van der Waals surface area contributed by atoms with E-state index in [2.05, 4.69) is 5.32 Å². The minimum Gasteiger partial charge on any atom is -0.497 e. The molecule has 6 heteroatoms. The zero-order valence-corrected chi connectivity index (χ0v) is 18.2. The molecule has 4 rings (SSSR count). The molecule has 32 heavy (non-hydrogen) atoms. The quantitative estimate of drug-likeness (QED) is 0.417. The molecule has 162 valence electrons. The van der Waals surface area contributed by atoms with Crippen LogP contribution in [0.25, 0.3) is 22.2 Å². The number of anilines is 1. The van der Waals surface area contributed by atoms with E-state index in [0.29, 0.717) is 35.1 Å². The first-order valence-corrected chi connectivity index (χ1v) is 10.3. The van der Waals surface area contributed by atoms with Crippen LogP contribution in [0.5, 0.6) is 17.2 Å². The third kappa shape index (κ3) is 4.34. The summed E-state index contributed by atoms with van der Waals surface area (Å²) in [5.41, 5.74) is 3.63. The number of pyridine rings is 1. The Kier molecular flexibility index (Phi) is 6.22. The number of fused-ring (bicyclic) bond motifs is 1. The van der Waals surface area contributed by atoms with Crippen LogP contribution in [0.3, 0.4) is 0 Å². The average molecular weight is 428 g/mol. The number of aromatic nitrogens is 1. The molecule has 6 nitrogen and oxygen atoms in total. The summed E-state index contributed by atoms with van der Waals surface area (Å²) < 4.78 is 16.5. The lowest BCUT2D eigenvalue weighted by Crippen LogP contribution is -2.12. The van der Waals surface area contributed by atoms with E-state index in [9.17, 15) is 4.79 Å². The van der Waals surface area contributed by atoms with Gasteiger partial charge in [0.05, 0.1) is 37.7 Å². The average Bonchev–Trinajstić information content (AvgIpc) is 2.84. The first-order chi connectivity index (χ1) is 15.6. The van der Waals surface area contributed by atoms with Gasteiger partial charge < -0.3 is 19.5 Å². The molecule has 0 spiro atoms. The van der Waals surface area contributed by atoms with E-state index in [-0.39, 0.29) is 5.91 Å². The van der Waals surface area contributed by atoms with Crippen LogP contribution in [0, 0.1) is 0 Å². The monoisotopic (exact) mass is 428 g/mol. The Hall–Kier alpha value is -4.06. The van der Waals surface area contributed by atoms with Gasteiger partial charge >= 0.3 is 0 Å². The topological polar surface area (TPSA) is 69.7 Å². The summed E-state index contributed by atoms with van der Waals surface area (Å²) in [4.78, 5) is 17.8. The Morgan fingerprint density at radius 2 is 1.72 bits per heavy atom. The number of rotatable bonds is 7. The summed E-state index contributed by atoms with van der Waals surface area (Å²) in [5, 5.41) is 3.68. The minimum atomic E-state index is -0.259. The van der Waals surface area contributed by atoms with Crippen molar-refractivity contribution in [3.63, 3.8) is 0 Å². The first-order valence-electron chi connectivity index (χ1n) is 10.3. The standard InChI is InChI=1S/C26H24N2O4/c1-4-32-24-16-23(17-8-6-5-7-9-17)27-21-12-10-18(14-20(21)24)26(29)28-22-13-11-19(30-2)15-25(22)31-3/h5-16H,4H2,1-3H3,(H,28,29). The van der Waals surface area contributed by atoms with Crippen molar-refractivity contribution >= 4 is 22.5 Å². The highest BCUT2D eigenvalue weighted by Crippen LogP contribution is 2.32. The van der Waals surface area contributed by atoms with Gasteiger partial charge in [-0.2, -0.15) is 0 Å². The van der Waals surface area contributed by atoms with Gasteiger partial charge in [0.25, 0.3) is 5.91 Å². The summed E-state index contributed by atoms with van der Waals surface area (Å²) in [6.07, 6.45) is 0. The summed E-state index contributed by atoms with van der Waals surface area (Å²) in [5.74, 6) is 1.59. The highest BCUT2D eigenvalue weighted by molar-refractivity contribution is 6.07. The number of nitrogens with zero attached hydrogens (tertiary/aromatic N) is 1. The van der Waals surface area contributed by atoms with Crippen LogP contribution in [0.1, 0.15) is 17.3 Å². The van der Waals surface area contributed by atoms with Crippen LogP contribution in [-0.2, 0) is 0 Å². The Balaban J connectivity index is 1.70. The molecule has 0 aliphatic carbocycles. The van der Waals surface area contributed by atoms with E-state index in [1.54, 1.807) is 44.6 Å². The zero-order valence-electron chi connectivity index (χ0n) is 18.2. The van der Waals surface area contributed by atoms with Crippen molar-refractivity contribution in [2.75, 3.05) is 26.1 Å². The highest BCUT2D eigenvalue weighted by atomic mass is 16.5. The Morgan fingerprint density at radius 3 is 2.44 bits per heavy atom. The second-order valence-electron chi connectivity index (χ2n) is 7.06. The number of nitrogens with one attached hydrogen (secondary N) is 1. The Morgan fingerprint density at radius 1 is 0.906 bits per heavy atom. The normalized spacial score (nSPS) is 10.6. The molecular weight excluding hydrogens is 404 g/mol. The van der Waals surface area contributed by atoms with Gasteiger partial charge in [0.2, 0.25) is 0 Å². The van der Waals surface area contributed by atoms with Crippen LogP contribution in [-0.4, -0.2) is 31.7 Å². The molecule has 1 heterocycles. The molecule has 4 aromatic rings. The fourth-order valence-electron chi connectivity index (χ4n) is 3.46.